The van der Waals surface area contributed by atoms with Gasteiger partial charge in [-0.05, 0) is 9.12 Å². The van der Waals surface area contributed by atoms with Gasteiger partial charge in [0.2, 0.25) is 0 Å². The molecule has 1 aliphatic rings. The minimum atomic E-state index is -6.23. The maximum atomic E-state index is 12.8. The van der Waals surface area contributed by atoms with Crippen LogP contribution in [0.4, 0.5) is 30.7 Å². The molecule has 2 atom stereocenters. The van der Waals surface area contributed by atoms with Gasteiger partial charge in [0.25, 0.3) is 0 Å². The molecule has 1 fully saturated rings. The molecule has 1 aliphatic heterocycles. The van der Waals surface area contributed by atoms with E-state index in [9.17, 15) is 30.7 Å². The van der Waals surface area contributed by atoms with Crippen molar-refractivity contribution >= 4 is 30.3 Å². The van der Waals surface area contributed by atoms with Crippen molar-refractivity contribution in [3.63, 3.8) is 0 Å². The SMILES string of the molecule is FC(F)(F)C(F)(F)C(F)(F)CC1CN1SI. The Balaban J connectivity index is 2.70. The smallest absolute Gasteiger partial charge is 0.235 e. The molecule has 2 unspecified atom stereocenters. The van der Waals surface area contributed by atoms with E-state index in [1.165, 1.54) is 4.31 Å². The number of nitrogens with zero attached hydrogens (tertiary/aromatic N) is 1. The fourth-order valence-corrected chi connectivity index (χ4v) is 2.91. The van der Waals surface area contributed by atoms with Crippen molar-refractivity contribution in [2.45, 2.75) is 30.5 Å². The largest absolute Gasteiger partial charge is 0.459 e. The van der Waals surface area contributed by atoms with Gasteiger partial charge >= 0.3 is 18.0 Å². The first-order valence-electron chi connectivity index (χ1n) is 3.90. The summed E-state index contributed by atoms with van der Waals surface area (Å²) in [5, 5.41) is 0. The van der Waals surface area contributed by atoms with Gasteiger partial charge in [-0.25, -0.2) is 4.31 Å². The quantitative estimate of drug-likeness (QED) is 0.314. The summed E-state index contributed by atoms with van der Waals surface area (Å²) in [6, 6.07) is -0.926. The van der Waals surface area contributed by atoms with E-state index in [4.69, 9.17) is 0 Å². The molecule has 0 spiro atoms. The van der Waals surface area contributed by atoms with Crippen LogP contribution in [0.15, 0.2) is 0 Å². The number of rotatable bonds is 4. The molecule has 96 valence electrons. The molecule has 1 rings (SSSR count). The van der Waals surface area contributed by atoms with Gasteiger partial charge in [0, 0.05) is 40.2 Å². The summed E-state index contributed by atoms with van der Waals surface area (Å²) >= 11 is 1.73. The predicted molar refractivity (Wildman–Crippen MR) is 52.7 cm³/mol. The predicted octanol–water partition coefficient (Wildman–Crippen LogP) is 3.89. The summed E-state index contributed by atoms with van der Waals surface area (Å²) < 4.78 is 86.9. The van der Waals surface area contributed by atoms with Crippen LogP contribution in [-0.2, 0) is 0 Å². The Morgan fingerprint density at radius 1 is 1.12 bits per heavy atom. The molecular formula is C6H5F7INS. The summed E-state index contributed by atoms with van der Waals surface area (Å²) in [5.74, 6) is -11.1. The molecule has 0 saturated carbocycles. The molecule has 10 heteroatoms. The first-order chi connectivity index (χ1) is 7.03. The normalized spacial score (nSPS) is 27.0. The summed E-state index contributed by atoms with van der Waals surface area (Å²) in [6.07, 6.45) is -7.72. The van der Waals surface area contributed by atoms with Crippen LogP contribution < -0.4 is 0 Å². The Hall–Kier alpha value is 0.550. The van der Waals surface area contributed by atoms with E-state index < -0.39 is 30.5 Å². The molecule has 1 saturated heterocycles. The zero-order chi connectivity index (χ0) is 12.8. The lowest BCUT2D eigenvalue weighted by Crippen LogP contribution is -2.52. The lowest BCUT2D eigenvalue weighted by Gasteiger charge is -2.28. The maximum Gasteiger partial charge on any atom is 0.459 e. The van der Waals surface area contributed by atoms with E-state index in [0.717, 1.165) is 9.12 Å². The third-order valence-corrected chi connectivity index (χ3v) is 4.20. The zero-order valence-corrected chi connectivity index (χ0v) is 10.3. The van der Waals surface area contributed by atoms with Crippen molar-refractivity contribution in [2.75, 3.05) is 6.54 Å². The Kier molecular flexibility index (Phi) is 3.96. The summed E-state index contributed by atoms with van der Waals surface area (Å²) in [7, 11) is 1.00. The van der Waals surface area contributed by atoms with Gasteiger partial charge in [-0.3, -0.25) is 0 Å². The first-order valence-corrected chi connectivity index (χ1v) is 7.22. The van der Waals surface area contributed by atoms with Crippen LogP contribution in [0.25, 0.3) is 0 Å². The van der Waals surface area contributed by atoms with E-state index in [1.807, 2.05) is 0 Å². The average molecular weight is 383 g/mol. The molecule has 0 aromatic heterocycles. The second-order valence-corrected chi connectivity index (χ2v) is 5.09. The molecule has 0 aromatic carbocycles. The highest BCUT2D eigenvalue weighted by molar-refractivity contribution is 14.2. The molecule has 1 nitrogen and oxygen atoms in total. The van der Waals surface area contributed by atoms with Crippen LogP contribution in [-0.4, -0.2) is 34.9 Å². The van der Waals surface area contributed by atoms with Crippen LogP contribution in [0.2, 0.25) is 0 Å². The van der Waals surface area contributed by atoms with Crippen molar-refractivity contribution in [3.05, 3.63) is 0 Å². The lowest BCUT2D eigenvalue weighted by atomic mass is 10.1. The average Bonchev–Trinajstić information content (AvgIpc) is 2.80. The van der Waals surface area contributed by atoms with Gasteiger partial charge in [0.15, 0.2) is 0 Å². The summed E-state index contributed by atoms with van der Waals surface area (Å²) in [6.45, 7) is 0.0944. The summed E-state index contributed by atoms with van der Waals surface area (Å²) in [5.41, 5.74) is 0. The van der Waals surface area contributed by atoms with Crippen molar-refractivity contribution in [3.8, 4) is 0 Å². The van der Waals surface area contributed by atoms with Crippen molar-refractivity contribution < 1.29 is 30.7 Å². The minimum Gasteiger partial charge on any atom is -0.235 e. The highest BCUT2D eigenvalue weighted by Gasteiger charge is 2.73. The number of halogens is 8. The van der Waals surface area contributed by atoms with Crippen molar-refractivity contribution in [2.24, 2.45) is 0 Å². The molecule has 0 N–H and O–H groups in total. The molecule has 1 heterocycles. The monoisotopic (exact) mass is 383 g/mol. The number of alkyl halides is 7. The Morgan fingerprint density at radius 2 is 1.62 bits per heavy atom. The molecule has 0 amide bonds. The minimum absolute atomic E-state index is 0.0944. The van der Waals surface area contributed by atoms with Gasteiger partial charge < -0.3 is 0 Å². The molecule has 0 radical (unpaired) electrons. The van der Waals surface area contributed by atoms with Crippen LogP contribution in [0.3, 0.4) is 0 Å². The maximum absolute atomic E-state index is 12.8. The molecular weight excluding hydrogens is 378 g/mol. The fraction of sp³-hybridized carbons (Fsp3) is 1.00. The first kappa shape index (κ1) is 14.6. The Bertz CT molecular complexity index is 268. The third kappa shape index (κ3) is 2.68. The molecule has 16 heavy (non-hydrogen) atoms. The fourth-order valence-electron chi connectivity index (χ4n) is 1.04. The van der Waals surface area contributed by atoms with E-state index >= 15 is 0 Å². The van der Waals surface area contributed by atoms with Crippen LogP contribution in [0.5, 0.6) is 0 Å². The zero-order valence-electron chi connectivity index (χ0n) is 7.37. The van der Waals surface area contributed by atoms with Gasteiger partial charge in [0.05, 0.1) is 0 Å². The van der Waals surface area contributed by atoms with Crippen LogP contribution >= 0.6 is 30.3 Å². The standard InChI is InChI=1S/C6H5F7INS/c7-4(8,1-3-2-15(3)16-14)5(9,10)6(11,12)13/h3H,1-2H2. The second-order valence-electron chi connectivity index (χ2n) is 3.30. The van der Waals surface area contributed by atoms with Gasteiger partial charge in [-0.15, -0.1) is 0 Å². The van der Waals surface area contributed by atoms with E-state index in [0.29, 0.717) is 0 Å². The number of hydrogen-bond acceptors (Lipinski definition) is 2. The lowest BCUT2D eigenvalue weighted by molar-refractivity contribution is -0.355. The van der Waals surface area contributed by atoms with Crippen LogP contribution in [0, 0.1) is 0 Å². The van der Waals surface area contributed by atoms with E-state index in [-0.39, 0.29) is 6.54 Å². The second kappa shape index (κ2) is 4.34. The van der Waals surface area contributed by atoms with Gasteiger partial charge in [0.1, 0.15) is 0 Å². The Labute approximate surface area is 102 Å². The highest BCUT2D eigenvalue weighted by atomic mass is 127. The molecule has 0 aromatic rings. The van der Waals surface area contributed by atoms with Gasteiger partial charge in [-0.1, -0.05) is 0 Å². The molecule has 0 bridgehead atoms. The van der Waals surface area contributed by atoms with E-state index in [1.54, 1.807) is 21.2 Å². The van der Waals surface area contributed by atoms with Crippen molar-refractivity contribution in [1.82, 2.24) is 4.31 Å². The third-order valence-electron chi connectivity index (χ3n) is 2.06. The van der Waals surface area contributed by atoms with Gasteiger partial charge in [-0.2, -0.15) is 30.7 Å². The van der Waals surface area contributed by atoms with Crippen molar-refractivity contribution in [1.29, 1.82) is 0 Å². The van der Waals surface area contributed by atoms with E-state index in [2.05, 4.69) is 0 Å². The van der Waals surface area contributed by atoms with Crippen LogP contribution in [0.1, 0.15) is 6.42 Å². The topological polar surface area (TPSA) is 3.01 Å². The number of hydrogen-bond donors (Lipinski definition) is 0. The molecule has 0 aliphatic carbocycles. The summed E-state index contributed by atoms with van der Waals surface area (Å²) in [4.78, 5) is 0. The highest BCUT2D eigenvalue weighted by Crippen LogP contribution is 2.50. The Morgan fingerprint density at radius 3 is 1.94 bits per heavy atom.